The van der Waals surface area contributed by atoms with Crippen LogP contribution in [0.25, 0.3) is 0 Å². The Bertz CT molecular complexity index is 305. The summed E-state index contributed by atoms with van der Waals surface area (Å²) in [7, 11) is 5.02. The van der Waals surface area contributed by atoms with Crippen LogP contribution < -0.4 is 9.59 Å². The summed E-state index contributed by atoms with van der Waals surface area (Å²) >= 11 is 0. The number of hydrogen-bond donors (Lipinski definition) is 1. The lowest BCUT2D eigenvalue weighted by Crippen LogP contribution is -1.88. The molecule has 0 aliphatic heterocycles. The summed E-state index contributed by atoms with van der Waals surface area (Å²) in [4.78, 5) is 2.99. The number of nitrogens with one attached hydrogen (secondary N) is 1. The van der Waals surface area contributed by atoms with Gasteiger partial charge in [0, 0.05) is 0 Å². The van der Waals surface area contributed by atoms with Crippen LogP contribution in [0, 0.1) is 0 Å². The quantitative estimate of drug-likeness (QED) is 0.632. The van der Waals surface area contributed by atoms with Crippen molar-refractivity contribution in [2.24, 2.45) is 4.52 Å². The molecule has 0 amide bonds. The van der Waals surface area contributed by atoms with Gasteiger partial charge in [-0.1, -0.05) is 12.1 Å². The van der Waals surface area contributed by atoms with Gasteiger partial charge >= 0.3 is 0 Å². The van der Waals surface area contributed by atoms with Crippen LogP contribution in [0.5, 0.6) is 5.75 Å². The molecular formula is C8H13N2O2P3. The van der Waals surface area contributed by atoms with Crippen molar-refractivity contribution in [3.63, 3.8) is 0 Å². The van der Waals surface area contributed by atoms with E-state index in [4.69, 9.17) is 9.26 Å². The first-order valence-electron chi connectivity index (χ1n) is 4.21. The zero-order chi connectivity index (χ0) is 10.9. The second-order valence-corrected chi connectivity index (χ2v) is 5.08. The minimum Gasteiger partial charge on any atom is -0.497 e. The fraction of sp³-hybridized carbons (Fsp3) is 0.250. The molecule has 0 aromatic heterocycles. The van der Waals surface area contributed by atoms with Gasteiger partial charge in [0.25, 0.3) is 0 Å². The van der Waals surface area contributed by atoms with Gasteiger partial charge in [-0.2, -0.15) is 0 Å². The van der Waals surface area contributed by atoms with Crippen LogP contribution in [-0.4, -0.2) is 7.11 Å². The Morgan fingerprint density at radius 3 is 2.80 bits per heavy atom. The van der Waals surface area contributed by atoms with Crippen molar-refractivity contribution in [3.05, 3.63) is 29.8 Å². The molecule has 1 rings (SSSR count). The Hall–Kier alpha value is -0.100. The molecule has 1 aromatic rings. The first-order valence-corrected chi connectivity index (χ1v) is 6.48. The molecule has 7 heteroatoms. The topological polar surface area (TPSA) is 42.9 Å². The molecule has 0 saturated heterocycles. The number of rotatable bonds is 6. The second kappa shape index (κ2) is 8.10. The number of ether oxygens (including phenoxy) is 1. The van der Waals surface area contributed by atoms with Crippen LogP contribution in [0.15, 0.2) is 28.8 Å². The highest BCUT2D eigenvalue weighted by Gasteiger charge is 1.94. The van der Waals surface area contributed by atoms with Gasteiger partial charge in [-0.15, -0.1) is 0 Å². The van der Waals surface area contributed by atoms with E-state index in [1.165, 1.54) is 0 Å². The van der Waals surface area contributed by atoms with Gasteiger partial charge in [-0.3, -0.25) is 0 Å². The van der Waals surface area contributed by atoms with Crippen molar-refractivity contribution < 1.29 is 9.26 Å². The lowest BCUT2D eigenvalue weighted by atomic mass is 10.2. The molecule has 0 heterocycles. The molecule has 1 N–H and O–H groups in total. The van der Waals surface area contributed by atoms with Crippen LogP contribution in [0.2, 0.25) is 0 Å². The molecule has 4 nitrogen and oxygen atoms in total. The molecule has 0 radical (unpaired) electrons. The van der Waals surface area contributed by atoms with Crippen LogP contribution >= 0.6 is 26.9 Å². The molecule has 2 unspecified atom stereocenters. The highest BCUT2D eigenvalue weighted by atomic mass is 31.1. The SMILES string of the molecule is COc1ccc(COPNP=NP)cc1. The van der Waals surface area contributed by atoms with Crippen molar-refractivity contribution in [2.45, 2.75) is 6.61 Å². The third kappa shape index (κ3) is 5.51. The molecule has 82 valence electrons. The predicted octanol–water partition coefficient (Wildman–Crippen LogP) is 3.14. The van der Waals surface area contributed by atoms with Gasteiger partial charge < -0.3 is 9.26 Å². The highest BCUT2D eigenvalue weighted by Crippen LogP contribution is 2.17. The lowest BCUT2D eigenvalue weighted by Gasteiger charge is -2.03. The van der Waals surface area contributed by atoms with E-state index in [1.54, 1.807) is 7.11 Å². The minimum atomic E-state index is 0.261. The summed E-state index contributed by atoms with van der Waals surface area (Å²) in [5, 5.41) is 0. The molecule has 1 aromatic carbocycles. The molecule has 0 saturated carbocycles. The Morgan fingerprint density at radius 2 is 2.20 bits per heavy atom. The summed E-state index contributed by atoms with van der Waals surface area (Å²) in [5.41, 5.74) is 1.13. The third-order valence-corrected chi connectivity index (χ3v) is 3.14. The van der Waals surface area contributed by atoms with E-state index in [-0.39, 0.29) is 8.96 Å². The van der Waals surface area contributed by atoms with Crippen LogP contribution in [-0.2, 0) is 11.1 Å². The van der Waals surface area contributed by atoms with Gasteiger partial charge in [0.2, 0.25) is 0 Å². The normalized spacial score (nSPS) is 11.6. The van der Waals surface area contributed by atoms with Gasteiger partial charge in [0.15, 0.2) is 0 Å². The summed E-state index contributed by atoms with van der Waals surface area (Å²) in [6, 6.07) is 7.82. The zero-order valence-electron chi connectivity index (χ0n) is 8.30. The molecule has 0 spiro atoms. The minimum absolute atomic E-state index is 0.261. The Balaban J connectivity index is 2.25. The largest absolute Gasteiger partial charge is 0.497 e. The molecular weight excluding hydrogens is 249 g/mol. The van der Waals surface area contributed by atoms with Crippen LogP contribution in [0.3, 0.4) is 0 Å². The summed E-state index contributed by atoms with van der Waals surface area (Å²) in [5.74, 6) is 0.861. The summed E-state index contributed by atoms with van der Waals surface area (Å²) in [6.07, 6.45) is 0. The average Bonchev–Trinajstić information content (AvgIpc) is 2.30. The number of methoxy groups -OCH3 is 1. The molecule has 0 aliphatic rings. The second-order valence-electron chi connectivity index (χ2n) is 2.57. The Morgan fingerprint density at radius 1 is 1.47 bits per heavy atom. The number of nitrogens with zero attached hydrogens (tertiary/aromatic N) is 1. The molecule has 15 heavy (non-hydrogen) atoms. The van der Waals surface area contributed by atoms with E-state index in [9.17, 15) is 0 Å². The van der Waals surface area contributed by atoms with Crippen molar-refractivity contribution in [3.8, 4) is 5.75 Å². The first kappa shape index (κ1) is 13.0. The van der Waals surface area contributed by atoms with Gasteiger partial charge in [-0.05, 0) is 27.1 Å². The number of hydrogen-bond acceptors (Lipinski definition) is 3. The fourth-order valence-corrected chi connectivity index (χ4v) is 2.33. The van der Waals surface area contributed by atoms with Crippen molar-refractivity contribution in [1.29, 1.82) is 0 Å². The molecule has 0 fully saturated rings. The number of benzene rings is 1. The van der Waals surface area contributed by atoms with Crippen molar-refractivity contribution in [2.75, 3.05) is 7.11 Å². The molecule has 0 aliphatic carbocycles. The maximum atomic E-state index is 5.39. The van der Waals surface area contributed by atoms with Gasteiger partial charge in [0.1, 0.15) is 5.75 Å². The van der Waals surface area contributed by atoms with E-state index in [1.807, 2.05) is 24.3 Å². The molecule has 2 atom stereocenters. The van der Waals surface area contributed by atoms with E-state index in [0.29, 0.717) is 6.61 Å². The summed E-state index contributed by atoms with van der Waals surface area (Å²) in [6.45, 7) is 0.599. The lowest BCUT2D eigenvalue weighted by molar-refractivity contribution is 0.350. The van der Waals surface area contributed by atoms with Crippen LogP contribution in [0.1, 0.15) is 5.56 Å². The average molecular weight is 262 g/mol. The van der Waals surface area contributed by atoms with E-state index >= 15 is 0 Å². The van der Waals surface area contributed by atoms with E-state index < -0.39 is 0 Å². The predicted molar refractivity (Wildman–Crippen MR) is 68.3 cm³/mol. The van der Waals surface area contributed by atoms with Gasteiger partial charge in [-0.25, -0.2) is 9.37 Å². The van der Waals surface area contributed by atoms with E-state index in [2.05, 4.69) is 18.8 Å². The Kier molecular flexibility index (Phi) is 7.00. The van der Waals surface area contributed by atoms with E-state index in [0.717, 1.165) is 19.8 Å². The fourth-order valence-electron chi connectivity index (χ4n) is 0.923. The Labute approximate surface area is 95.3 Å². The monoisotopic (exact) mass is 262 g/mol. The third-order valence-electron chi connectivity index (χ3n) is 1.62. The zero-order valence-corrected chi connectivity index (χ0v) is 11.4. The smallest absolute Gasteiger partial charge is 0.118 e. The highest BCUT2D eigenvalue weighted by molar-refractivity contribution is 7.46. The maximum absolute atomic E-state index is 5.39. The van der Waals surface area contributed by atoms with Crippen LogP contribution in [0.4, 0.5) is 0 Å². The van der Waals surface area contributed by atoms with Crippen molar-refractivity contribution in [1.82, 2.24) is 4.86 Å². The standard InChI is InChI=1S/C8H13N2O2P3/c1-11-8-4-2-7(3-5-8)6-12-15-10-14-9-13/h2-5,15H,6,13H2,1H3,(H,9,10). The maximum Gasteiger partial charge on any atom is 0.118 e. The van der Waals surface area contributed by atoms with Crippen molar-refractivity contribution >= 4 is 26.9 Å². The molecule has 0 bridgehead atoms. The first-order chi connectivity index (χ1) is 7.36. The van der Waals surface area contributed by atoms with Gasteiger partial charge in [0.05, 0.1) is 31.2 Å². The summed E-state index contributed by atoms with van der Waals surface area (Å²) < 4.78 is 14.2.